The Morgan fingerprint density at radius 3 is 2.75 bits per heavy atom. The number of carbonyl (C=O) groups excluding carboxylic acids is 1. The first-order valence-electron chi connectivity index (χ1n) is 7.30. The minimum absolute atomic E-state index is 0.00847. The van der Waals surface area contributed by atoms with Crippen LogP contribution in [0.15, 0.2) is 24.5 Å². The zero-order chi connectivity index (χ0) is 13.9. The number of pyridine rings is 1. The molecule has 108 valence electrons. The average molecular weight is 275 g/mol. The van der Waals surface area contributed by atoms with Crippen LogP contribution in [0.25, 0.3) is 0 Å². The first kappa shape index (κ1) is 13.5. The Morgan fingerprint density at radius 2 is 2.15 bits per heavy atom. The van der Waals surface area contributed by atoms with Gasteiger partial charge in [-0.3, -0.25) is 19.6 Å². The fraction of sp³-hybridized carbons (Fsp3) is 0.600. The molecule has 0 bridgehead atoms. The number of esters is 1. The molecule has 5 nitrogen and oxygen atoms in total. The Hall–Kier alpha value is -1.46. The standard InChI is InChI=1S/C15H21N3O2/c1-12(13-3-2-5-16-11-13)17-6-8-18(9-7-17)14-4-10-20-15(14)19/h2-3,5,11-12,14H,4,6-10H2,1H3/t12-,14-/m0/s1. The second kappa shape index (κ2) is 5.89. The van der Waals surface area contributed by atoms with Crippen molar-refractivity contribution >= 4 is 5.97 Å². The molecule has 0 saturated carbocycles. The van der Waals surface area contributed by atoms with Gasteiger partial charge in [-0.25, -0.2) is 0 Å². The Balaban J connectivity index is 1.57. The van der Waals surface area contributed by atoms with E-state index in [1.54, 1.807) is 6.20 Å². The molecule has 2 aliphatic heterocycles. The SMILES string of the molecule is C[C@@H](c1cccnc1)N1CCN([C@H]2CCOC2=O)CC1. The summed E-state index contributed by atoms with van der Waals surface area (Å²) in [5.41, 5.74) is 1.25. The molecule has 1 aromatic heterocycles. The van der Waals surface area contributed by atoms with E-state index in [2.05, 4.69) is 27.8 Å². The first-order valence-corrected chi connectivity index (χ1v) is 7.30. The molecule has 1 aromatic rings. The van der Waals surface area contributed by atoms with Gasteiger partial charge in [-0.15, -0.1) is 0 Å². The molecule has 3 rings (SSSR count). The van der Waals surface area contributed by atoms with E-state index < -0.39 is 0 Å². The molecule has 0 aliphatic carbocycles. The molecule has 2 aliphatic rings. The van der Waals surface area contributed by atoms with Crippen LogP contribution in [0, 0.1) is 0 Å². The second-order valence-electron chi connectivity index (χ2n) is 5.51. The van der Waals surface area contributed by atoms with Crippen molar-refractivity contribution in [2.75, 3.05) is 32.8 Å². The van der Waals surface area contributed by atoms with Crippen molar-refractivity contribution in [1.82, 2.24) is 14.8 Å². The van der Waals surface area contributed by atoms with Crippen LogP contribution in [-0.4, -0.2) is 59.6 Å². The lowest BCUT2D eigenvalue weighted by Crippen LogP contribution is -2.52. The van der Waals surface area contributed by atoms with Gasteiger partial charge >= 0.3 is 5.97 Å². The quantitative estimate of drug-likeness (QED) is 0.772. The molecule has 0 N–H and O–H groups in total. The fourth-order valence-electron chi connectivity index (χ4n) is 3.09. The predicted molar refractivity (Wildman–Crippen MR) is 75.2 cm³/mol. The number of carbonyl (C=O) groups is 1. The topological polar surface area (TPSA) is 45.7 Å². The largest absolute Gasteiger partial charge is 0.464 e. The molecule has 2 atom stereocenters. The van der Waals surface area contributed by atoms with E-state index >= 15 is 0 Å². The summed E-state index contributed by atoms with van der Waals surface area (Å²) in [6, 6.07) is 4.47. The monoisotopic (exact) mass is 275 g/mol. The lowest BCUT2D eigenvalue weighted by atomic mass is 10.1. The van der Waals surface area contributed by atoms with Crippen molar-refractivity contribution < 1.29 is 9.53 Å². The molecule has 2 fully saturated rings. The lowest BCUT2D eigenvalue weighted by molar-refractivity contribution is -0.142. The molecule has 0 aromatic carbocycles. The maximum Gasteiger partial charge on any atom is 0.323 e. The molecule has 0 radical (unpaired) electrons. The van der Waals surface area contributed by atoms with Crippen LogP contribution in [0.5, 0.6) is 0 Å². The van der Waals surface area contributed by atoms with Crippen LogP contribution in [0.4, 0.5) is 0 Å². The van der Waals surface area contributed by atoms with Gasteiger partial charge in [0.05, 0.1) is 6.61 Å². The Bertz CT molecular complexity index is 457. The van der Waals surface area contributed by atoms with Gasteiger partial charge in [0.25, 0.3) is 0 Å². The Labute approximate surface area is 119 Å². The minimum Gasteiger partial charge on any atom is -0.464 e. The average Bonchev–Trinajstić information content (AvgIpc) is 2.94. The van der Waals surface area contributed by atoms with Gasteiger partial charge in [0.1, 0.15) is 6.04 Å². The highest BCUT2D eigenvalue weighted by molar-refractivity contribution is 5.77. The van der Waals surface area contributed by atoms with E-state index in [0.717, 1.165) is 32.6 Å². The van der Waals surface area contributed by atoms with Crippen LogP contribution in [0.3, 0.4) is 0 Å². The van der Waals surface area contributed by atoms with Crippen molar-refractivity contribution in [2.45, 2.75) is 25.4 Å². The molecule has 2 saturated heterocycles. The van der Waals surface area contributed by atoms with Crippen LogP contribution in [0.2, 0.25) is 0 Å². The van der Waals surface area contributed by atoms with Gasteiger partial charge in [-0.05, 0) is 18.6 Å². The smallest absolute Gasteiger partial charge is 0.323 e. The highest BCUT2D eigenvalue weighted by atomic mass is 16.5. The lowest BCUT2D eigenvalue weighted by Gasteiger charge is -2.39. The summed E-state index contributed by atoms with van der Waals surface area (Å²) >= 11 is 0. The van der Waals surface area contributed by atoms with Gasteiger partial charge in [0.2, 0.25) is 0 Å². The zero-order valence-electron chi connectivity index (χ0n) is 11.9. The molecule has 5 heteroatoms. The van der Waals surface area contributed by atoms with E-state index in [0.29, 0.717) is 12.6 Å². The number of piperazine rings is 1. The second-order valence-corrected chi connectivity index (χ2v) is 5.51. The van der Waals surface area contributed by atoms with Crippen LogP contribution in [0.1, 0.15) is 24.9 Å². The minimum atomic E-state index is -0.0428. The molecule has 0 amide bonds. The zero-order valence-corrected chi connectivity index (χ0v) is 11.9. The Kier molecular flexibility index (Phi) is 3.98. The normalized spacial score (nSPS) is 26.4. The van der Waals surface area contributed by atoms with Crippen LogP contribution < -0.4 is 0 Å². The van der Waals surface area contributed by atoms with Crippen LogP contribution >= 0.6 is 0 Å². The van der Waals surface area contributed by atoms with Crippen molar-refractivity contribution in [2.24, 2.45) is 0 Å². The third kappa shape index (κ3) is 2.69. The highest BCUT2D eigenvalue weighted by Gasteiger charge is 2.34. The molecular formula is C15H21N3O2. The van der Waals surface area contributed by atoms with Crippen molar-refractivity contribution in [3.8, 4) is 0 Å². The number of rotatable bonds is 3. The third-order valence-corrected chi connectivity index (χ3v) is 4.41. The maximum atomic E-state index is 11.6. The van der Waals surface area contributed by atoms with Gasteiger partial charge < -0.3 is 4.74 Å². The van der Waals surface area contributed by atoms with Gasteiger partial charge in [-0.1, -0.05) is 6.07 Å². The number of aromatic nitrogens is 1. The summed E-state index contributed by atoms with van der Waals surface area (Å²) in [5, 5.41) is 0. The summed E-state index contributed by atoms with van der Waals surface area (Å²) in [5.74, 6) is -0.0428. The van der Waals surface area contributed by atoms with E-state index in [1.807, 2.05) is 12.3 Å². The molecule has 20 heavy (non-hydrogen) atoms. The summed E-state index contributed by atoms with van der Waals surface area (Å²) in [7, 11) is 0. The van der Waals surface area contributed by atoms with Crippen molar-refractivity contribution in [1.29, 1.82) is 0 Å². The van der Waals surface area contributed by atoms with E-state index in [1.165, 1.54) is 5.56 Å². The number of ether oxygens (including phenoxy) is 1. The number of hydrogen-bond acceptors (Lipinski definition) is 5. The fourth-order valence-corrected chi connectivity index (χ4v) is 3.09. The summed E-state index contributed by atoms with van der Waals surface area (Å²) < 4.78 is 5.06. The summed E-state index contributed by atoms with van der Waals surface area (Å²) in [6.07, 6.45) is 4.59. The number of nitrogens with zero attached hydrogens (tertiary/aromatic N) is 3. The van der Waals surface area contributed by atoms with Gasteiger partial charge in [0, 0.05) is 51.0 Å². The van der Waals surface area contributed by atoms with Crippen molar-refractivity contribution in [3.63, 3.8) is 0 Å². The van der Waals surface area contributed by atoms with Crippen molar-refractivity contribution in [3.05, 3.63) is 30.1 Å². The number of cyclic esters (lactones) is 1. The molecular weight excluding hydrogens is 254 g/mol. The summed E-state index contributed by atoms with van der Waals surface area (Å²) in [4.78, 5) is 20.5. The van der Waals surface area contributed by atoms with E-state index in [-0.39, 0.29) is 12.0 Å². The first-order chi connectivity index (χ1) is 9.75. The maximum absolute atomic E-state index is 11.6. The Morgan fingerprint density at radius 1 is 1.35 bits per heavy atom. The van der Waals surface area contributed by atoms with Gasteiger partial charge in [0.15, 0.2) is 0 Å². The highest BCUT2D eigenvalue weighted by Crippen LogP contribution is 2.23. The predicted octanol–water partition coefficient (Wildman–Crippen LogP) is 1.08. The molecule has 3 heterocycles. The molecule has 0 spiro atoms. The third-order valence-electron chi connectivity index (χ3n) is 4.41. The number of hydrogen-bond donors (Lipinski definition) is 0. The van der Waals surface area contributed by atoms with E-state index in [9.17, 15) is 4.79 Å². The van der Waals surface area contributed by atoms with E-state index in [4.69, 9.17) is 4.74 Å². The van der Waals surface area contributed by atoms with Crippen LogP contribution in [-0.2, 0) is 9.53 Å². The summed E-state index contributed by atoms with van der Waals surface area (Å²) in [6.45, 7) is 6.64. The van der Waals surface area contributed by atoms with Gasteiger partial charge in [-0.2, -0.15) is 0 Å². The molecule has 0 unspecified atom stereocenters.